The first-order valence-electron chi connectivity index (χ1n) is 7.74. The summed E-state index contributed by atoms with van der Waals surface area (Å²) < 4.78 is 33.2. The molecule has 2 heterocycles. The number of rotatable bonds is 3. The van der Waals surface area contributed by atoms with Crippen molar-refractivity contribution in [2.24, 2.45) is 0 Å². The van der Waals surface area contributed by atoms with Gasteiger partial charge in [0.05, 0.1) is 29.3 Å². The smallest absolute Gasteiger partial charge is 0.243 e. The van der Waals surface area contributed by atoms with E-state index in [1.54, 1.807) is 24.4 Å². The largest absolute Gasteiger partial charge is 0.371 e. The molecule has 0 spiro atoms. The number of benzene rings is 2. The lowest BCUT2D eigenvalue weighted by Crippen LogP contribution is -2.42. The monoisotopic (exact) mass is 343 g/mol. The molecule has 6 nitrogen and oxygen atoms in total. The molecule has 0 unspecified atom stereocenters. The van der Waals surface area contributed by atoms with E-state index in [4.69, 9.17) is 4.74 Å². The van der Waals surface area contributed by atoms with E-state index >= 15 is 0 Å². The predicted octanol–water partition coefficient (Wildman–Crippen LogP) is 2.33. The lowest BCUT2D eigenvalue weighted by molar-refractivity contribution is -0.00255. The summed E-state index contributed by atoms with van der Waals surface area (Å²) in [5.74, 6) is 0. The number of H-pyrrole nitrogens is 1. The molecule has 4 rings (SSSR count). The molecule has 0 bridgehead atoms. The topological polar surface area (TPSA) is 75.3 Å². The Balaban J connectivity index is 1.63. The standard InChI is InChI=1S/C17H17N3O3S/c21-24(22,15-7-6-14-11-18-19-16(14)10-15)20-8-9-23-17(12-20)13-4-2-1-3-5-13/h1-7,10-11,17H,8-9,12H2,(H,18,19)/t17-/m0/s1. The second-order valence-electron chi connectivity index (χ2n) is 5.75. The van der Waals surface area contributed by atoms with Crippen LogP contribution in [-0.4, -0.2) is 42.6 Å². The van der Waals surface area contributed by atoms with Crippen molar-refractivity contribution < 1.29 is 13.2 Å². The fourth-order valence-electron chi connectivity index (χ4n) is 2.94. The van der Waals surface area contributed by atoms with E-state index in [1.807, 2.05) is 30.3 Å². The average molecular weight is 343 g/mol. The summed E-state index contributed by atoms with van der Waals surface area (Å²) in [4.78, 5) is 0.271. The molecule has 1 aliphatic rings. The molecule has 3 aromatic rings. The van der Waals surface area contributed by atoms with Crippen LogP contribution in [0.4, 0.5) is 0 Å². The minimum Gasteiger partial charge on any atom is -0.371 e. The molecule has 0 amide bonds. The lowest BCUT2D eigenvalue weighted by atomic mass is 10.1. The molecule has 1 aromatic heterocycles. The van der Waals surface area contributed by atoms with Crippen molar-refractivity contribution >= 4 is 20.9 Å². The number of aromatic amines is 1. The van der Waals surface area contributed by atoms with Crippen LogP contribution in [0.2, 0.25) is 0 Å². The second kappa shape index (κ2) is 6.01. The van der Waals surface area contributed by atoms with Gasteiger partial charge in [-0.3, -0.25) is 5.10 Å². The zero-order chi connectivity index (χ0) is 16.6. The van der Waals surface area contributed by atoms with Crippen molar-refractivity contribution in [3.8, 4) is 0 Å². The number of nitrogens with zero attached hydrogens (tertiary/aromatic N) is 2. The normalized spacial score (nSPS) is 19.6. The number of aromatic nitrogens is 2. The van der Waals surface area contributed by atoms with Gasteiger partial charge < -0.3 is 4.74 Å². The van der Waals surface area contributed by atoms with Crippen molar-refractivity contribution in [1.29, 1.82) is 0 Å². The van der Waals surface area contributed by atoms with Crippen molar-refractivity contribution in [2.45, 2.75) is 11.0 Å². The Bertz CT molecular complexity index is 953. The van der Waals surface area contributed by atoms with Crippen molar-refractivity contribution in [1.82, 2.24) is 14.5 Å². The maximum absolute atomic E-state index is 13.0. The number of hydrogen-bond acceptors (Lipinski definition) is 4. The highest BCUT2D eigenvalue weighted by Crippen LogP contribution is 2.27. The molecular formula is C17H17N3O3S. The molecule has 1 atom stereocenters. The van der Waals surface area contributed by atoms with Crippen LogP contribution in [0, 0.1) is 0 Å². The molecule has 24 heavy (non-hydrogen) atoms. The molecule has 0 radical (unpaired) electrons. The second-order valence-corrected chi connectivity index (χ2v) is 7.69. The van der Waals surface area contributed by atoms with E-state index in [0.29, 0.717) is 25.2 Å². The summed E-state index contributed by atoms with van der Waals surface area (Å²) in [5.41, 5.74) is 1.70. The van der Waals surface area contributed by atoms with E-state index < -0.39 is 10.0 Å². The fourth-order valence-corrected chi connectivity index (χ4v) is 4.39. The first-order valence-corrected chi connectivity index (χ1v) is 9.18. The minimum atomic E-state index is -3.57. The summed E-state index contributed by atoms with van der Waals surface area (Å²) in [6.07, 6.45) is 1.43. The van der Waals surface area contributed by atoms with Crippen LogP contribution in [-0.2, 0) is 14.8 Å². The summed E-state index contributed by atoms with van der Waals surface area (Å²) in [6, 6.07) is 14.7. The lowest BCUT2D eigenvalue weighted by Gasteiger charge is -2.32. The van der Waals surface area contributed by atoms with Gasteiger partial charge in [-0.2, -0.15) is 9.40 Å². The number of hydrogen-bond donors (Lipinski definition) is 1. The first kappa shape index (κ1) is 15.3. The molecule has 7 heteroatoms. The highest BCUT2D eigenvalue weighted by Gasteiger charge is 2.31. The van der Waals surface area contributed by atoms with E-state index in [9.17, 15) is 8.42 Å². The van der Waals surface area contributed by atoms with Gasteiger partial charge in [-0.05, 0) is 23.8 Å². The van der Waals surface area contributed by atoms with E-state index in [-0.39, 0.29) is 11.0 Å². The Kier molecular flexibility index (Phi) is 3.84. The zero-order valence-corrected chi connectivity index (χ0v) is 13.7. The number of nitrogens with one attached hydrogen (secondary N) is 1. The van der Waals surface area contributed by atoms with Gasteiger partial charge in [0.15, 0.2) is 0 Å². The van der Waals surface area contributed by atoms with Gasteiger partial charge in [0.25, 0.3) is 0 Å². The molecule has 124 valence electrons. The summed E-state index contributed by atoms with van der Waals surface area (Å²) >= 11 is 0. The molecule has 1 fully saturated rings. The number of fused-ring (bicyclic) bond motifs is 1. The zero-order valence-electron chi connectivity index (χ0n) is 12.9. The van der Waals surface area contributed by atoms with Crippen LogP contribution in [0.3, 0.4) is 0 Å². The third-order valence-electron chi connectivity index (χ3n) is 4.25. The quantitative estimate of drug-likeness (QED) is 0.792. The van der Waals surface area contributed by atoms with Crippen molar-refractivity contribution in [2.75, 3.05) is 19.7 Å². The highest BCUT2D eigenvalue weighted by atomic mass is 32.2. The Morgan fingerprint density at radius 3 is 2.83 bits per heavy atom. The minimum absolute atomic E-state index is 0.245. The Morgan fingerprint density at radius 1 is 1.17 bits per heavy atom. The molecule has 1 saturated heterocycles. The van der Waals surface area contributed by atoms with Crippen LogP contribution in [0.25, 0.3) is 10.9 Å². The third kappa shape index (κ3) is 2.71. The van der Waals surface area contributed by atoms with Gasteiger partial charge in [0, 0.05) is 18.5 Å². The van der Waals surface area contributed by atoms with Crippen molar-refractivity contribution in [3.63, 3.8) is 0 Å². The van der Waals surface area contributed by atoms with Crippen LogP contribution in [0.5, 0.6) is 0 Å². The molecule has 1 aliphatic heterocycles. The number of morpholine rings is 1. The van der Waals surface area contributed by atoms with Crippen LogP contribution >= 0.6 is 0 Å². The molecule has 2 aromatic carbocycles. The Morgan fingerprint density at radius 2 is 2.00 bits per heavy atom. The van der Waals surface area contributed by atoms with Gasteiger partial charge in [-0.25, -0.2) is 8.42 Å². The summed E-state index contributed by atoms with van der Waals surface area (Å²) in [7, 11) is -3.57. The van der Waals surface area contributed by atoms with Gasteiger partial charge in [0.1, 0.15) is 0 Å². The maximum atomic E-state index is 13.0. The Labute approximate surface area is 140 Å². The number of sulfonamides is 1. The van der Waals surface area contributed by atoms with E-state index in [0.717, 1.165) is 10.9 Å². The van der Waals surface area contributed by atoms with Crippen LogP contribution in [0.1, 0.15) is 11.7 Å². The summed E-state index contributed by atoms with van der Waals surface area (Å²) in [5, 5.41) is 7.63. The molecule has 0 aliphatic carbocycles. The maximum Gasteiger partial charge on any atom is 0.243 e. The van der Waals surface area contributed by atoms with E-state index in [1.165, 1.54) is 4.31 Å². The van der Waals surface area contributed by atoms with Crippen LogP contribution in [0.15, 0.2) is 59.6 Å². The third-order valence-corrected chi connectivity index (χ3v) is 6.11. The molecule has 0 saturated carbocycles. The fraction of sp³-hybridized carbons (Fsp3) is 0.235. The molecular weight excluding hydrogens is 326 g/mol. The molecule has 1 N–H and O–H groups in total. The average Bonchev–Trinajstić information content (AvgIpc) is 3.10. The van der Waals surface area contributed by atoms with Gasteiger partial charge in [-0.1, -0.05) is 30.3 Å². The van der Waals surface area contributed by atoms with Gasteiger partial charge in [-0.15, -0.1) is 0 Å². The SMILES string of the molecule is O=S(=O)(c1ccc2cn[nH]c2c1)N1CCO[C@H](c2ccccc2)C1. The highest BCUT2D eigenvalue weighted by molar-refractivity contribution is 7.89. The van der Waals surface area contributed by atoms with Gasteiger partial charge >= 0.3 is 0 Å². The Hall–Kier alpha value is -2.22. The van der Waals surface area contributed by atoms with Crippen molar-refractivity contribution in [3.05, 3.63) is 60.3 Å². The van der Waals surface area contributed by atoms with E-state index in [2.05, 4.69) is 10.2 Å². The summed E-state index contributed by atoms with van der Waals surface area (Å²) in [6.45, 7) is 1.05. The first-order chi connectivity index (χ1) is 11.6. The van der Waals surface area contributed by atoms with Crippen LogP contribution < -0.4 is 0 Å². The van der Waals surface area contributed by atoms with Gasteiger partial charge in [0.2, 0.25) is 10.0 Å². The number of ether oxygens (including phenoxy) is 1. The predicted molar refractivity (Wildman–Crippen MR) is 90.0 cm³/mol.